The van der Waals surface area contributed by atoms with Crippen molar-refractivity contribution in [2.24, 2.45) is 0 Å². The summed E-state index contributed by atoms with van der Waals surface area (Å²) < 4.78 is 26.4. The van der Waals surface area contributed by atoms with E-state index in [4.69, 9.17) is 15.9 Å². The number of nitrogens with zero attached hydrogens (tertiary/aromatic N) is 3. The zero-order chi connectivity index (χ0) is 21.3. The minimum atomic E-state index is -0.685. The van der Waals surface area contributed by atoms with Crippen LogP contribution in [0.4, 0.5) is 10.1 Å². The van der Waals surface area contributed by atoms with Gasteiger partial charge < -0.3 is 19.9 Å². The summed E-state index contributed by atoms with van der Waals surface area (Å²) in [7, 11) is 0. The van der Waals surface area contributed by atoms with Gasteiger partial charge in [0.25, 0.3) is 0 Å². The van der Waals surface area contributed by atoms with Crippen LogP contribution in [-0.4, -0.2) is 52.3 Å². The molecule has 8 heteroatoms. The largest absolute Gasteiger partial charge is 0.463 e. The van der Waals surface area contributed by atoms with Gasteiger partial charge in [0, 0.05) is 12.2 Å². The third-order valence-corrected chi connectivity index (χ3v) is 4.13. The summed E-state index contributed by atoms with van der Waals surface area (Å²) in [5.41, 5.74) is 1.82. The van der Waals surface area contributed by atoms with Crippen LogP contribution >= 0.6 is 0 Å². The molecule has 7 nitrogen and oxygen atoms in total. The third kappa shape index (κ3) is 5.35. The van der Waals surface area contributed by atoms with E-state index in [2.05, 4.69) is 21.3 Å². The summed E-state index contributed by atoms with van der Waals surface area (Å²) in [4.78, 5) is 4.34. The van der Waals surface area contributed by atoms with Gasteiger partial charge in [-0.2, -0.15) is 4.98 Å². The van der Waals surface area contributed by atoms with Crippen LogP contribution in [0.3, 0.4) is 0 Å². The molecule has 2 aromatic carbocycles. The Kier molecular flexibility index (Phi) is 7.38. The van der Waals surface area contributed by atoms with Crippen LogP contribution in [-0.2, 0) is 4.74 Å². The number of nitrogens with one attached hydrogen (secondary N) is 1. The molecule has 0 spiro atoms. The summed E-state index contributed by atoms with van der Waals surface area (Å²) in [6, 6.07) is 13.9. The Morgan fingerprint density at radius 3 is 2.70 bits per heavy atom. The maximum absolute atomic E-state index is 14.3. The van der Waals surface area contributed by atoms with E-state index in [0.717, 1.165) is 5.69 Å². The Balaban J connectivity index is 1.77. The number of hydrogen-bond donors (Lipinski definition) is 2. The molecule has 1 heterocycles. The lowest BCUT2D eigenvalue weighted by atomic mass is 10.2. The average Bonchev–Trinajstić information content (AvgIpc) is 3.17. The van der Waals surface area contributed by atoms with Crippen LogP contribution in [0, 0.1) is 18.2 Å². The van der Waals surface area contributed by atoms with Crippen molar-refractivity contribution in [3.63, 3.8) is 0 Å². The second kappa shape index (κ2) is 10.4. The fraction of sp³-hybridized carbons (Fsp3) is 0.273. The number of ether oxygens (including phenoxy) is 2. The van der Waals surface area contributed by atoms with Crippen LogP contribution in [0.5, 0.6) is 6.01 Å². The molecular weight excluding hydrogens is 387 g/mol. The topological polar surface area (TPSA) is 81.4 Å². The molecule has 0 aliphatic rings. The molecule has 0 saturated heterocycles. The van der Waals surface area contributed by atoms with E-state index >= 15 is 0 Å². The molecule has 30 heavy (non-hydrogen) atoms. The molecule has 1 unspecified atom stereocenters. The van der Waals surface area contributed by atoms with Crippen LogP contribution < -0.4 is 10.1 Å². The summed E-state index contributed by atoms with van der Waals surface area (Å²) in [5, 5.41) is 17.4. The highest BCUT2D eigenvalue weighted by atomic mass is 19.1. The number of terminal acetylenes is 1. The molecule has 0 saturated carbocycles. The summed E-state index contributed by atoms with van der Waals surface area (Å²) in [6.45, 7) is 2.85. The Labute approximate surface area is 174 Å². The van der Waals surface area contributed by atoms with E-state index in [-0.39, 0.29) is 19.2 Å². The Bertz CT molecular complexity index is 998. The Hall–Kier alpha value is -3.41. The standard InChI is InChI=1S/C22H23FN4O3/c1-3-13-29-15-18(28)14-24-16-9-11-17(12-10-16)27-21(25-22(26-27)30-4-2)19-7-5-6-8-20(19)23/h1,5-12,18,24,28H,4,13-15H2,2H3. The lowest BCUT2D eigenvalue weighted by Crippen LogP contribution is -2.24. The number of aliphatic hydroxyl groups is 1. The quantitative estimate of drug-likeness (QED) is 0.395. The highest BCUT2D eigenvalue weighted by molar-refractivity contribution is 5.60. The van der Waals surface area contributed by atoms with E-state index < -0.39 is 11.9 Å². The maximum Gasteiger partial charge on any atom is 0.336 e. The second-order valence-electron chi connectivity index (χ2n) is 6.34. The minimum absolute atomic E-state index is 0.153. The van der Waals surface area contributed by atoms with E-state index in [1.54, 1.807) is 18.2 Å². The number of halogens is 1. The van der Waals surface area contributed by atoms with Crippen molar-refractivity contribution < 1.29 is 19.0 Å². The molecule has 0 radical (unpaired) electrons. The van der Waals surface area contributed by atoms with Crippen LogP contribution in [0.15, 0.2) is 48.5 Å². The smallest absolute Gasteiger partial charge is 0.336 e. The Morgan fingerprint density at radius 2 is 2.00 bits per heavy atom. The SMILES string of the molecule is C#CCOCC(O)CNc1ccc(-n2nc(OCC)nc2-c2ccccc2F)cc1. The molecular formula is C22H23FN4O3. The predicted molar refractivity (Wildman–Crippen MR) is 112 cm³/mol. The molecule has 3 rings (SSSR count). The number of aromatic nitrogens is 3. The lowest BCUT2D eigenvalue weighted by molar-refractivity contribution is 0.0588. The first-order valence-electron chi connectivity index (χ1n) is 9.50. The lowest BCUT2D eigenvalue weighted by Gasteiger charge is -2.13. The molecule has 3 aromatic rings. The van der Waals surface area contributed by atoms with Crippen molar-refractivity contribution in [3.05, 3.63) is 54.3 Å². The monoisotopic (exact) mass is 410 g/mol. The molecule has 1 aromatic heterocycles. The number of aliphatic hydroxyl groups excluding tert-OH is 1. The van der Waals surface area contributed by atoms with Crippen molar-refractivity contribution in [1.82, 2.24) is 14.8 Å². The Morgan fingerprint density at radius 1 is 1.23 bits per heavy atom. The molecule has 0 amide bonds. The van der Waals surface area contributed by atoms with Gasteiger partial charge in [-0.25, -0.2) is 9.07 Å². The molecule has 0 fully saturated rings. The minimum Gasteiger partial charge on any atom is -0.463 e. The third-order valence-electron chi connectivity index (χ3n) is 4.13. The van der Waals surface area contributed by atoms with Crippen molar-refractivity contribution in [3.8, 4) is 35.4 Å². The molecule has 0 aliphatic heterocycles. The number of anilines is 1. The maximum atomic E-state index is 14.3. The van der Waals surface area contributed by atoms with E-state index in [0.29, 0.717) is 30.2 Å². The van der Waals surface area contributed by atoms with Gasteiger partial charge in [0.1, 0.15) is 12.4 Å². The summed E-state index contributed by atoms with van der Waals surface area (Å²) in [6.07, 6.45) is 4.42. The predicted octanol–water partition coefficient (Wildman–Crippen LogP) is 2.89. The van der Waals surface area contributed by atoms with Gasteiger partial charge in [-0.15, -0.1) is 11.5 Å². The highest BCUT2D eigenvalue weighted by Crippen LogP contribution is 2.26. The van der Waals surface area contributed by atoms with E-state index in [1.807, 2.05) is 31.2 Å². The van der Waals surface area contributed by atoms with E-state index in [9.17, 15) is 9.50 Å². The van der Waals surface area contributed by atoms with Gasteiger partial charge in [-0.3, -0.25) is 0 Å². The number of benzene rings is 2. The molecule has 1 atom stereocenters. The number of rotatable bonds is 10. The number of hydrogen-bond acceptors (Lipinski definition) is 6. The van der Waals surface area contributed by atoms with Crippen molar-refractivity contribution in [2.45, 2.75) is 13.0 Å². The van der Waals surface area contributed by atoms with Crippen LogP contribution in [0.1, 0.15) is 6.92 Å². The highest BCUT2D eigenvalue weighted by Gasteiger charge is 2.17. The average molecular weight is 410 g/mol. The first-order valence-corrected chi connectivity index (χ1v) is 9.50. The van der Waals surface area contributed by atoms with Gasteiger partial charge in [0.2, 0.25) is 0 Å². The van der Waals surface area contributed by atoms with Gasteiger partial charge in [0.05, 0.1) is 30.6 Å². The van der Waals surface area contributed by atoms with Gasteiger partial charge in [-0.1, -0.05) is 18.1 Å². The first-order chi connectivity index (χ1) is 14.6. The van der Waals surface area contributed by atoms with E-state index in [1.165, 1.54) is 10.7 Å². The fourth-order valence-corrected chi connectivity index (χ4v) is 2.75. The van der Waals surface area contributed by atoms with Gasteiger partial charge in [-0.05, 0) is 43.3 Å². The second-order valence-corrected chi connectivity index (χ2v) is 6.34. The molecule has 156 valence electrons. The summed E-state index contributed by atoms with van der Waals surface area (Å²) in [5.74, 6) is 2.30. The molecule has 0 bridgehead atoms. The van der Waals surface area contributed by atoms with Crippen LogP contribution in [0.2, 0.25) is 0 Å². The van der Waals surface area contributed by atoms with Crippen molar-refractivity contribution in [2.75, 3.05) is 31.7 Å². The molecule has 2 N–H and O–H groups in total. The fourth-order valence-electron chi connectivity index (χ4n) is 2.75. The summed E-state index contributed by atoms with van der Waals surface area (Å²) >= 11 is 0. The zero-order valence-corrected chi connectivity index (χ0v) is 16.6. The zero-order valence-electron chi connectivity index (χ0n) is 16.6. The van der Waals surface area contributed by atoms with Crippen molar-refractivity contribution >= 4 is 5.69 Å². The van der Waals surface area contributed by atoms with Gasteiger partial charge in [0.15, 0.2) is 5.82 Å². The normalized spacial score (nSPS) is 11.7. The first kappa shape index (κ1) is 21.3. The van der Waals surface area contributed by atoms with Crippen molar-refractivity contribution in [1.29, 1.82) is 0 Å². The van der Waals surface area contributed by atoms with Gasteiger partial charge >= 0.3 is 6.01 Å². The van der Waals surface area contributed by atoms with Crippen LogP contribution in [0.25, 0.3) is 17.1 Å². The molecule has 0 aliphatic carbocycles.